The van der Waals surface area contributed by atoms with Crippen LogP contribution in [0.4, 0.5) is 17.6 Å². The summed E-state index contributed by atoms with van der Waals surface area (Å²) in [5.74, 6) is -0.199. The number of likely N-dealkylation sites (tertiary alicyclic amines) is 1. The number of carbonyl (C=O) groups excluding carboxylic acids is 1. The average Bonchev–Trinajstić information content (AvgIpc) is 2.90. The summed E-state index contributed by atoms with van der Waals surface area (Å²) in [4.78, 5) is 14.5. The van der Waals surface area contributed by atoms with Crippen LogP contribution in [-0.4, -0.2) is 40.4 Å². The summed E-state index contributed by atoms with van der Waals surface area (Å²) in [6, 6.07) is 6.86. The van der Waals surface area contributed by atoms with E-state index in [1.165, 1.54) is 6.08 Å². The number of allylic oxidation sites excluding steroid dienone is 2. The Balaban J connectivity index is 1.88. The summed E-state index contributed by atoms with van der Waals surface area (Å²) >= 11 is 5.87. The number of amides is 1. The van der Waals surface area contributed by atoms with Crippen LogP contribution in [0.5, 0.6) is 0 Å². The number of alkyl halides is 4. The van der Waals surface area contributed by atoms with Gasteiger partial charge in [-0.1, -0.05) is 35.9 Å². The Morgan fingerprint density at radius 1 is 1.30 bits per heavy atom. The molecular weight excluding hydrogens is 422 g/mol. The molecule has 3 rings (SSSR count). The second-order valence-corrected chi connectivity index (χ2v) is 7.87. The van der Waals surface area contributed by atoms with E-state index >= 15 is 0 Å². The minimum atomic E-state index is -5.13. The van der Waals surface area contributed by atoms with Crippen LogP contribution in [0, 0.1) is 0 Å². The largest absolute Gasteiger partial charge is 0.424 e. The fraction of sp³-hybridized carbons (Fsp3) is 0.409. The smallest absolute Gasteiger partial charge is 0.374 e. The van der Waals surface area contributed by atoms with E-state index in [4.69, 9.17) is 11.6 Å². The van der Waals surface area contributed by atoms with Crippen molar-refractivity contribution in [3.8, 4) is 0 Å². The molecule has 0 bridgehead atoms. The molecule has 1 aliphatic heterocycles. The van der Waals surface area contributed by atoms with Gasteiger partial charge in [0.25, 0.3) is 0 Å². The molecule has 0 radical (unpaired) electrons. The van der Waals surface area contributed by atoms with Crippen LogP contribution in [0.15, 0.2) is 59.3 Å². The lowest BCUT2D eigenvalue weighted by molar-refractivity contribution is -0.265. The van der Waals surface area contributed by atoms with E-state index in [0.717, 1.165) is 11.6 Å². The third kappa shape index (κ3) is 4.18. The molecule has 0 spiro atoms. The number of rotatable bonds is 3. The number of hydrogen-bond donors (Lipinski definition) is 1. The minimum absolute atomic E-state index is 0.115. The van der Waals surface area contributed by atoms with E-state index in [0.29, 0.717) is 42.1 Å². The Kier molecular flexibility index (Phi) is 6.43. The quantitative estimate of drug-likeness (QED) is 0.644. The maximum absolute atomic E-state index is 13.6. The minimum Gasteiger partial charge on any atom is -0.374 e. The van der Waals surface area contributed by atoms with Gasteiger partial charge < -0.3 is 10.0 Å². The Morgan fingerprint density at radius 3 is 2.53 bits per heavy atom. The van der Waals surface area contributed by atoms with Crippen molar-refractivity contribution in [3.05, 3.63) is 69.9 Å². The van der Waals surface area contributed by atoms with Crippen LogP contribution in [0.2, 0.25) is 5.02 Å². The molecule has 1 amide bonds. The maximum atomic E-state index is 13.6. The molecular formula is C22H22ClF4NO2. The van der Waals surface area contributed by atoms with E-state index in [2.05, 4.69) is 0 Å². The normalized spacial score (nSPS) is 27.6. The predicted molar refractivity (Wildman–Crippen MR) is 107 cm³/mol. The van der Waals surface area contributed by atoms with Crippen molar-refractivity contribution in [3.63, 3.8) is 0 Å². The highest BCUT2D eigenvalue weighted by Crippen LogP contribution is 2.48. The molecule has 3 nitrogen and oxygen atoms in total. The molecule has 162 valence electrons. The van der Waals surface area contributed by atoms with Crippen LogP contribution in [-0.2, 0) is 11.2 Å². The molecule has 30 heavy (non-hydrogen) atoms. The van der Waals surface area contributed by atoms with Crippen molar-refractivity contribution in [2.75, 3.05) is 6.54 Å². The Bertz CT molecular complexity index is 905. The van der Waals surface area contributed by atoms with Crippen LogP contribution >= 0.6 is 11.6 Å². The first-order valence-corrected chi connectivity index (χ1v) is 10.0. The lowest BCUT2D eigenvalue weighted by atomic mass is 9.76. The van der Waals surface area contributed by atoms with Gasteiger partial charge in [-0.15, -0.1) is 0 Å². The molecule has 1 heterocycles. The molecule has 1 fully saturated rings. The molecule has 8 heteroatoms. The van der Waals surface area contributed by atoms with Gasteiger partial charge in [-0.2, -0.15) is 13.2 Å². The molecule has 2 unspecified atom stereocenters. The molecule has 1 N–H and O–H groups in total. The van der Waals surface area contributed by atoms with Crippen LogP contribution in [0.25, 0.3) is 0 Å². The first-order chi connectivity index (χ1) is 14.1. The lowest BCUT2D eigenvalue weighted by Crippen LogP contribution is -2.58. The number of benzene rings is 1. The molecule has 1 aromatic carbocycles. The van der Waals surface area contributed by atoms with Gasteiger partial charge >= 0.3 is 6.18 Å². The lowest BCUT2D eigenvalue weighted by Gasteiger charge is -2.40. The van der Waals surface area contributed by atoms with Gasteiger partial charge in [0.05, 0.1) is 6.42 Å². The van der Waals surface area contributed by atoms with E-state index < -0.39 is 23.5 Å². The van der Waals surface area contributed by atoms with Gasteiger partial charge in [-0.25, -0.2) is 4.39 Å². The summed E-state index contributed by atoms with van der Waals surface area (Å²) in [5, 5.41) is 10.5. The topological polar surface area (TPSA) is 40.5 Å². The van der Waals surface area contributed by atoms with Gasteiger partial charge in [-0.3, -0.25) is 4.79 Å². The maximum Gasteiger partial charge on any atom is 0.424 e. The van der Waals surface area contributed by atoms with Crippen molar-refractivity contribution in [2.45, 2.75) is 50.6 Å². The zero-order valence-corrected chi connectivity index (χ0v) is 17.1. The molecule has 0 aromatic heterocycles. The van der Waals surface area contributed by atoms with Crippen LogP contribution < -0.4 is 0 Å². The molecule has 2 aliphatic rings. The highest BCUT2D eigenvalue weighted by atomic mass is 35.5. The van der Waals surface area contributed by atoms with E-state index in [1.807, 2.05) is 0 Å². The summed E-state index contributed by atoms with van der Waals surface area (Å²) in [5.41, 5.74) is -2.31. The molecule has 1 aromatic rings. The van der Waals surface area contributed by atoms with E-state index in [9.17, 15) is 27.5 Å². The zero-order valence-electron chi connectivity index (χ0n) is 16.3. The van der Waals surface area contributed by atoms with Crippen LogP contribution in [0.1, 0.15) is 31.7 Å². The van der Waals surface area contributed by atoms with Gasteiger partial charge in [0.1, 0.15) is 0 Å². The van der Waals surface area contributed by atoms with Gasteiger partial charge in [-0.05, 0) is 61.1 Å². The number of nitrogens with zero attached hydrogens (tertiary/aromatic N) is 1. The fourth-order valence-electron chi connectivity index (χ4n) is 3.76. The summed E-state index contributed by atoms with van der Waals surface area (Å²) in [6.07, 6.45) is -2.16. The third-order valence-electron chi connectivity index (χ3n) is 5.47. The highest BCUT2D eigenvalue weighted by Gasteiger charge is 2.65. The number of hydrogen-bond acceptors (Lipinski definition) is 2. The van der Waals surface area contributed by atoms with Gasteiger partial charge in [0.15, 0.2) is 6.17 Å². The summed E-state index contributed by atoms with van der Waals surface area (Å²) in [7, 11) is 0. The van der Waals surface area contributed by atoms with E-state index in [1.54, 1.807) is 42.2 Å². The molecule has 1 aliphatic carbocycles. The zero-order chi connectivity index (χ0) is 22.1. The number of halogens is 5. The molecule has 1 saturated heterocycles. The Hall–Kier alpha value is -2.12. The number of aliphatic hydroxyl groups is 1. The Morgan fingerprint density at radius 2 is 1.97 bits per heavy atom. The highest BCUT2D eigenvalue weighted by molar-refractivity contribution is 6.30. The molecule has 0 saturated carbocycles. The number of carbonyl (C=O) groups is 1. The van der Waals surface area contributed by atoms with Crippen molar-refractivity contribution < 1.29 is 27.5 Å². The second-order valence-electron chi connectivity index (χ2n) is 7.44. The van der Waals surface area contributed by atoms with Crippen molar-refractivity contribution in [1.82, 2.24) is 4.90 Å². The first kappa shape index (κ1) is 22.6. The summed E-state index contributed by atoms with van der Waals surface area (Å²) < 4.78 is 53.3. The van der Waals surface area contributed by atoms with Crippen molar-refractivity contribution >= 4 is 17.5 Å². The van der Waals surface area contributed by atoms with Crippen LogP contribution in [0.3, 0.4) is 0 Å². The van der Waals surface area contributed by atoms with Crippen molar-refractivity contribution in [2.24, 2.45) is 0 Å². The van der Waals surface area contributed by atoms with Crippen molar-refractivity contribution in [1.29, 1.82) is 0 Å². The van der Waals surface area contributed by atoms with E-state index in [-0.39, 0.29) is 12.3 Å². The molecule has 2 atom stereocenters. The third-order valence-corrected chi connectivity index (χ3v) is 5.72. The average molecular weight is 444 g/mol. The summed E-state index contributed by atoms with van der Waals surface area (Å²) in [6.45, 7) is 2.12. The van der Waals surface area contributed by atoms with Gasteiger partial charge in [0.2, 0.25) is 11.5 Å². The van der Waals surface area contributed by atoms with Gasteiger partial charge in [0, 0.05) is 17.3 Å². The SMILES string of the molecule is CC=C1/C(=C\C2=CC(F)C2(O)C(F)(F)F)CCCCN1C(=O)Cc1ccc(Cl)cc1. The monoisotopic (exact) mass is 443 g/mol. The predicted octanol–water partition coefficient (Wildman–Crippen LogP) is 5.30. The fourth-order valence-corrected chi connectivity index (χ4v) is 3.89. The second kappa shape index (κ2) is 8.55. The first-order valence-electron chi connectivity index (χ1n) is 9.65. The Labute approximate surface area is 177 Å². The standard InChI is InChI=1S/C22H22ClF4NO2/c1-2-18-15(12-16-13-19(24)21(16,30)22(25,26)27)5-3-4-10-28(18)20(29)11-14-6-8-17(23)9-7-14/h2,6-9,12-13,19,30H,3-5,10-11H2,1H3/b15-12-,18-2?.